The van der Waals surface area contributed by atoms with Gasteiger partial charge in [-0.25, -0.2) is 4.39 Å². The highest BCUT2D eigenvalue weighted by Crippen LogP contribution is 2.26. The van der Waals surface area contributed by atoms with E-state index in [0.717, 1.165) is 30.5 Å². The van der Waals surface area contributed by atoms with Crippen LogP contribution in [0, 0.1) is 25.6 Å². The van der Waals surface area contributed by atoms with Crippen molar-refractivity contribution in [2.75, 3.05) is 26.7 Å². The van der Waals surface area contributed by atoms with Crippen LogP contribution in [0.5, 0.6) is 0 Å². The summed E-state index contributed by atoms with van der Waals surface area (Å²) < 4.78 is 14.7. The lowest BCUT2D eigenvalue weighted by Gasteiger charge is -2.32. The zero-order chi connectivity index (χ0) is 18.7. The van der Waals surface area contributed by atoms with Crippen molar-refractivity contribution in [3.63, 3.8) is 0 Å². The standard InChI is InChI=1S/C22H27FN2O/c1-15-4-5-18(12-16(15)2)19-6-7-20(21(23)13-19)22(26)25-10-8-17(9-11-25)14-24-3/h4-7,12-13,17,24H,8-11,14H2,1-3H3. The fourth-order valence-corrected chi connectivity index (χ4v) is 3.59. The molecule has 0 unspecified atom stereocenters. The quantitative estimate of drug-likeness (QED) is 0.893. The number of hydrogen-bond donors (Lipinski definition) is 1. The van der Waals surface area contributed by atoms with Crippen LogP contribution in [-0.4, -0.2) is 37.5 Å². The molecule has 0 saturated carbocycles. The van der Waals surface area contributed by atoms with Crippen molar-refractivity contribution in [2.24, 2.45) is 5.92 Å². The average Bonchev–Trinajstić information content (AvgIpc) is 2.64. The maximum absolute atomic E-state index is 14.7. The Morgan fingerprint density at radius 2 is 1.73 bits per heavy atom. The van der Waals surface area contributed by atoms with E-state index >= 15 is 0 Å². The van der Waals surface area contributed by atoms with E-state index in [0.29, 0.717) is 19.0 Å². The van der Waals surface area contributed by atoms with Gasteiger partial charge >= 0.3 is 0 Å². The van der Waals surface area contributed by atoms with Crippen LogP contribution in [0.1, 0.15) is 34.3 Å². The van der Waals surface area contributed by atoms with Gasteiger partial charge in [-0.1, -0.05) is 24.3 Å². The smallest absolute Gasteiger partial charge is 0.256 e. The largest absolute Gasteiger partial charge is 0.339 e. The Morgan fingerprint density at radius 1 is 1.08 bits per heavy atom. The summed E-state index contributed by atoms with van der Waals surface area (Å²) in [5.74, 6) is -0.0406. The molecule has 0 aromatic heterocycles. The molecule has 1 N–H and O–H groups in total. The molecule has 2 aromatic carbocycles. The number of carbonyl (C=O) groups is 1. The van der Waals surface area contributed by atoms with E-state index in [9.17, 15) is 9.18 Å². The van der Waals surface area contributed by atoms with Gasteiger partial charge < -0.3 is 10.2 Å². The summed E-state index contributed by atoms with van der Waals surface area (Å²) in [6, 6.07) is 11.0. The summed E-state index contributed by atoms with van der Waals surface area (Å²) in [6.07, 6.45) is 1.93. The molecule has 3 nitrogen and oxygen atoms in total. The van der Waals surface area contributed by atoms with Gasteiger partial charge in [0.1, 0.15) is 5.82 Å². The summed E-state index contributed by atoms with van der Waals surface area (Å²) in [7, 11) is 1.95. The van der Waals surface area contributed by atoms with Crippen LogP contribution in [0.2, 0.25) is 0 Å². The summed E-state index contributed by atoms with van der Waals surface area (Å²) in [4.78, 5) is 14.5. The molecule has 26 heavy (non-hydrogen) atoms. The third-order valence-electron chi connectivity index (χ3n) is 5.43. The van der Waals surface area contributed by atoms with E-state index in [4.69, 9.17) is 0 Å². The molecule has 1 aliphatic heterocycles. The number of halogens is 1. The molecule has 0 atom stereocenters. The SMILES string of the molecule is CNCC1CCN(C(=O)c2ccc(-c3ccc(C)c(C)c3)cc2F)CC1. The Morgan fingerprint density at radius 3 is 2.35 bits per heavy atom. The van der Waals surface area contributed by atoms with Gasteiger partial charge in [-0.3, -0.25) is 4.79 Å². The van der Waals surface area contributed by atoms with E-state index in [1.54, 1.807) is 11.0 Å². The Kier molecular flexibility index (Phi) is 5.72. The monoisotopic (exact) mass is 354 g/mol. The van der Waals surface area contributed by atoms with Crippen molar-refractivity contribution in [1.29, 1.82) is 0 Å². The number of hydrogen-bond acceptors (Lipinski definition) is 2. The van der Waals surface area contributed by atoms with Crippen molar-refractivity contribution >= 4 is 5.91 Å². The third-order valence-corrected chi connectivity index (χ3v) is 5.43. The average molecular weight is 354 g/mol. The number of benzene rings is 2. The lowest BCUT2D eigenvalue weighted by Crippen LogP contribution is -2.40. The normalized spacial score (nSPS) is 15.3. The predicted octanol–water partition coefficient (Wildman–Crippen LogP) is 4.18. The van der Waals surface area contributed by atoms with Crippen LogP contribution in [0.3, 0.4) is 0 Å². The summed E-state index contributed by atoms with van der Waals surface area (Å²) >= 11 is 0. The molecular formula is C22H27FN2O. The maximum Gasteiger partial charge on any atom is 0.256 e. The van der Waals surface area contributed by atoms with Crippen LogP contribution in [0.4, 0.5) is 4.39 Å². The van der Waals surface area contributed by atoms with Gasteiger partial charge in [0.25, 0.3) is 5.91 Å². The van der Waals surface area contributed by atoms with Crippen LogP contribution in [-0.2, 0) is 0 Å². The molecule has 2 aromatic rings. The van der Waals surface area contributed by atoms with Crippen LogP contribution < -0.4 is 5.32 Å². The molecule has 138 valence electrons. The highest BCUT2D eigenvalue weighted by Gasteiger charge is 2.25. The van der Waals surface area contributed by atoms with Gasteiger partial charge in [-0.15, -0.1) is 0 Å². The molecule has 0 radical (unpaired) electrons. The maximum atomic E-state index is 14.7. The van der Waals surface area contributed by atoms with Crippen LogP contribution in [0.25, 0.3) is 11.1 Å². The first kappa shape index (κ1) is 18.6. The van der Waals surface area contributed by atoms with E-state index in [-0.39, 0.29) is 11.5 Å². The number of nitrogens with one attached hydrogen (secondary N) is 1. The molecule has 0 aliphatic carbocycles. The number of amides is 1. The van der Waals surface area contributed by atoms with E-state index in [2.05, 4.69) is 18.3 Å². The van der Waals surface area contributed by atoms with Gasteiger partial charge in [-0.2, -0.15) is 0 Å². The van der Waals surface area contributed by atoms with Gasteiger partial charge in [0.2, 0.25) is 0 Å². The second-order valence-corrected chi connectivity index (χ2v) is 7.29. The summed E-state index contributed by atoms with van der Waals surface area (Å²) in [6.45, 7) is 6.47. The minimum atomic E-state index is -0.442. The molecule has 1 amide bonds. The lowest BCUT2D eigenvalue weighted by molar-refractivity contribution is 0.0686. The third kappa shape index (κ3) is 3.96. The first-order valence-electron chi connectivity index (χ1n) is 9.30. The zero-order valence-corrected chi connectivity index (χ0v) is 15.8. The number of aryl methyl sites for hydroxylation is 2. The van der Waals surface area contributed by atoms with E-state index in [1.165, 1.54) is 17.2 Å². The molecule has 1 heterocycles. The first-order chi connectivity index (χ1) is 12.5. The van der Waals surface area contributed by atoms with Crippen LogP contribution >= 0.6 is 0 Å². The number of nitrogens with zero attached hydrogens (tertiary/aromatic N) is 1. The Balaban J connectivity index is 1.75. The Hall–Kier alpha value is -2.20. The first-order valence-corrected chi connectivity index (χ1v) is 9.30. The van der Waals surface area contributed by atoms with Crippen LogP contribution in [0.15, 0.2) is 36.4 Å². The molecule has 1 fully saturated rings. The molecule has 4 heteroatoms. The summed E-state index contributed by atoms with van der Waals surface area (Å²) in [5.41, 5.74) is 4.33. The Labute approximate surface area is 155 Å². The van der Waals surface area contributed by atoms with Crippen molar-refractivity contribution in [1.82, 2.24) is 10.2 Å². The highest BCUT2D eigenvalue weighted by atomic mass is 19.1. The van der Waals surface area contributed by atoms with Gasteiger partial charge in [0.05, 0.1) is 5.56 Å². The van der Waals surface area contributed by atoms with E-state index < -0.39 is 5.82 Å². The van der Waals surface area contributed by atoms with Crippen molar-refractivity contribution in [3.05, 3.63) is 58.9 Å². The van der Waals surface area contributed by atoms with Crippen molar-refractivity contribution < 1.29 is 9.18 Å². The number of carbonyl (C=O) groups excluding carboxylic acids is 1. The molecular weight excluding hydrogens is 327 g/mol. The molecule has 1 aliphatic rings. The number of rotatable bonds is 4. The van der Waals surface area contributed by atoms with E-state index in [1.807, 2.05) is 32.2 Å². The molecule has 1 saturated heterocycles. The Bertz CT molecular complexity index is 795. The summed E-state index contributed by atoms with van der Waals surface area (Å²) in [5, 5.41) is 3.19. The van der Waals surface area contributed by atoms with Gasteiger partial charge in [-0.05, 0) is 80.6 Å². The molecule has 0 spiro atoms. The topological polar surface area (TPSA) is 32.3 Å². The number of likely N-dealkylation sites (tertiary alicyclic amines) is 1. The lowest BCUT2D eigenvalue weighted by atomic mass is 9.95. The number of piperidine rings is 1. The van der Waals surface area contributed by atoms with Crippen molar-refractivity contribution in [3.8, 4) is 11.1 Å². The fraction of sp³-hybridized carbons (Fsp3) is 0.409. The van der Waals surface area contributed by atoms with Gasteiger partial charge in [0.15, 0.2) is 0 Å². The minimum absolute atomic E-state index is 0.171. The second-order valence-electron chi connectivity index (χ2n) is 7.29. The zero-order valence-electron chi connectivity index (χ0n) is 15.8. The van der Waals surface area contributed by atoms with Gasteiger partial charge in [0, 0.05) is 13.1 Å². The molecule has 3 rings (SSSR count). The minimum Gasteiger partial charge on any atom is -0.339 e. The second kappa shape index (κ2) is 8.00. The predicted molar refractivity (Wildman–Crippen MR) is 104 cm³/mol. The highest BCUT2D eigenvalue weighted by molar-refractivity contribution is 5.95. The fourth-order valence-electron chi connectivity index (χ4n) is 3.59. The van der Waals surface area contributed by atoms with Crippen molar-refractivity contribution in [2.45, 2.75) is 26.7 Å². The molecule has 0 bridgehead atoms.